The van der Waals surface area contributed by atoms with Crippen LogP contribution in [0, 0.1) is 0 Å². The van der Waals surface area contributed by atoms with E-state index in [-0.39, 0.29) is 0 Å². The minimum Gasteiger partial charge on any atom is -0.340 e. The normalized spacial score (nSPS) is 12.1. The molecular formula is C15H15N. The highest BCUT2D eigenvalue weighted by molar-refractivity contribution is 6.07. The zero-order valence-electron chi connectivity index (χ0n) is 10.2. The van der Waals surface area contributed by atoms with Crippen molar-refractivity contribution >= 4 is 21.8 Å². The Morgan fingerprint density at radius 2 is 1.50 bits per heavy atom. The largest absolute Gasteiger partial charge is 0.340 e. The minimum atomic E-state index is 0.487. The molecule has 3 aromatic rings. The molecule has 0 saturated carbocycles. The summed E-state index contributed by atoms with van der Waals surface area (Å²) in [4.78, 5) is 0. The molecular weight excluding hydrogens is 194 g/mol. The molecule has 0 aliphatic carbocycles. The van der Waals surface area contributed by atoms with Gasteiger partial charge in [0.05, 0.1) is 0 Å². The van der Waals surface area contributed by atoms with E-state index < -0.39 is 0 Å². The Morgan fingerprint density at radius 3 is 2.06 bits per heavy atom. The summed E-state index contributed by atoms with van der Waals surface area (Å²) in [6, 6.07) is 17.0. The SMILES string of the molecule is [2H]CCCn1c2ccccc2c2ccccc21. The Balaban J connectivity index is 2.33. The number of aromatic nitrogens is 1. The molecule has 1 heteroatoms. The van der Waals surface area contributed by atoms with Crippen LogP contribution in [0.3, 0.4) is 0 Å². The lowest BCUT2D eigenvalue weighted by atomic mass is 10.2. The molecule has 0 bridgehead atoms. The van der Waals surface area contributed by atoms with Gasteiger partial charge in [0.2, 0.25) is 0 Å². The van der Waals surface area contributed by atoms with E-state index in [4.69, 9.17) is 1.37 Å². The number of rotatable bonds is 2. The fourth-order valence-electron chi connectivity index (χ4n) is 2.40. The van der Waals surface area contributed by atoms with Gasteiger partial charge in [-0.05, 0) is 18.6 Å². The van der Waals surface area contributed by atoms with Gasteiger partial charge in [0.15, 0.2) is 0 Å². The third-order valence-corrected chi connectivity index (χ3v) is 3.06. The maximum absolute atomic E-state index is 7.31. The van der Waals surface area contributed by atoms with E-state index in [2.05, 4.69) is 53.1 Å². The molecule has 2 aromatic carbocycles. The monoisotopic (exact) mass is 210 g/mol. The molecule has 0 radical (unpaired) electrons. The zero-order chi connectivity index (χ0) is 11.7. The van der Waals surface area contributed by atoms with Gasteiger partial charge in [-0.25, -0.2) is 0 Å². The van der Waals surface area contributed by atoms with E-state index in [1.165, 1.54) is 21.8 Å². The molecule has 80 valence electrons. The molecule has 0 spiro atoms. The molecule has 0 fully saturated rings. The lowest BCUT2D eigenvalue weighted by Crippen LogP contribution is -1.95. The van der Waals surface area contributed by atoms with E-state index in [9.17, 15) is 0 Å². The third kappa shape index (κ3) is 1.25. The predicted molar refractivity (Wildman–Crippen MR) is 69.7 cm³/mol. The Kier molecular flexibility index (Phi) is 1.93. The van der Waals surface area contributed by atoms with Gasteiger partial charge in [-0.2, -0.15) is 0 Å². The van der Waals surface area contributed by atoms with Crippen molar-refractivity contribution < 1.29 is 1.37 Å². The standard InChI is InChI=1S/C15H15N/c1-2-11-16-14-9-5-3-7-12(14)13-8-4-6-10-15(13)16/h3-10H,2,11H2,1H3/i1D. The van der Waals surface area contributed by atoms with Crippen molar-refractivity contribution in [1.82, 2.24) is 4.57 Å². The topological polar surface area (TPSA) is 4.93 Å². The predicted octanol–water partition coefficient (Wildman–Crippen LogP) is 4.20. The molecule has 0 aliphatic rings. The molecule has 0 saturated heterocycles. The summed E-state index contributed by atoms with van der Waals surface area (Å²) >= 11 is 0. The highest BCUT2D eigenvalue weighted by Gasteiger charge is 2.07. The second kappa shape index (κ2) is 3.67. The van der Waals surface area contributed by atoms with Crippen LogP contribution in [0.15, 0.2) is 48.5 Å². The maximum Gasteiger partial charge on any atom is 0.0491 e. The molecule has 3 rings (SSSR count). The first kappa shape index (κ1) is 8.40. The van der Waals surface area contributed by atoms with Crippen LogP contribution < -0.4 is 0 Å². The van der Waals surface area contributed by atoms with E-state index in [0.717, 1.165) is 13.0 Å². The highest BCUT2D eigenvalue weighted by Crippen LogP contribution is 2.28. The number of benzene rings is 2. The van der Waals surface area contributed by atoms with Crippen molar-refractivity contribution in [2.75, 3.05) is 0 Å². The van der Waals surface area contributed by atoms with Gasteiger partial charge in [0.1, 0.15) is 0 Å². The summed E-state index contributed by atoms with van der Waals surface area (Å²) in [6.07, 6.45) is 0.905. The fourth-order valence-corrected chi connectivity index (χ4v) is 2.40. The first-order chi connectivity index (χ1) is 8.42. The van der Waals surface area contributed by atoms with E-state index >= 15 is 0 Å². The average molecular weight is 210 g/mol. The van der Waals surface area contributed by atoms with Crippen LogP contribution in [0.5, 0.6) is 0 Å². The molecule has 1 heterocycles. The zero-order valence-corrected chi connectivity index (χ0v) is 9.19. The number of nitrogens with zero attached hydrogens (tertiary/aromatic N) is 1. The smallest absolute Gasteiger partial charge is 0.0491 e. The van der Waals surface area contributed by atoms with Gasteiger partial charge in [-0.3, -0.25) is 0 Å². The molecule has 16 heavy (non-hydrogen) atoms. The first-order valence-electron chi connectivity index (χ1n) is 6.38. The molecule has 0 N–H and O–H groups in total. The van der Waals surface area contributed by atoms with E-state index in [1.54, 1.807) is 0 Å². The van der Waals surface area contributed by atoms with E-state index in [0.29, 0.717) is 6.90 Å². The molecule has 1 aromatic heterocycles. The summed E-state index contributed by atoms with van der Waals surface area (Å²) < 4.78 is 9.64. The lowest BCUT2D eigenvalue weighted by molar-refractivity contribution is 0.724. The molecule has 0 amide bonds. The molecule has 0 aliphatic heterocycles. The molecule has 1 nitrogen and oxygen atoms in total. The van der Waals surface area contributed by atoms with Gasteiger partial charge in [0, 0.05) is 29.7 Å². The minimum absolute atomic E-state index is 0.487. The van der Waals surface area contributed by atoms with Crippen LogP contribution in [0.25, 0.3) is 21.8 Å². The number of hydrogen-bond acceptors (Lipinski definition) is 0. The van der Waals surface area contributed by atoms with Crippen LogP contribution in [0.2, 0.25) is 0 Å². The maximum atomic E-state index is 7.31. The Bertz CT molecular complexity index is 601. The van der Waals surface area contributed by atoms with Crippen LogP contribution in [0.1, 0.15) is 14.7 Å². The van der Waals surface area contributed by atoms with Crippen LogP contribution in [-0.4, -0.2) is 4.57 Å². The van der Waals surface area contributed by atoms with Crippen molar-refractivity contribution in [2.24, 2.45) is 0 Å². The highest BCUT2D eigenvalue weighted by atomic mass is 15.0. The van der Waals surface area contributed by atoms with Gasteiger partial charge in [-0.15, -0.1) is 0 Å². The van der Waals surface area contributed by atoms with Crippen molar-refractivity contribution in [2.45, 2.75) is 19.9 Å². The van der Waals surface area contributed by atoms with Gasteiger partial charge >= 0.3 is 0 Å². The van der Waals surface area contributed by atoms with Crippen LogP contribution >= 0.6 is 0 Å². The van der Waals surface area contributed by atoms with Gasteiger partial charge in [0.25, 0.3) is 0 Å². The number of aryl methyl sites for hydroxylation is 1. The average Bonchev–Trinajstić information content (AvgIpc) is 2.71. The summed E-state index contributed by atoms with van der Waals surface area (Å²) in [5, 5.41) is 2.63. The van der Waals surface area contributed by atoms with Crippen LogP contribution in [-0.2, 0) is 6.54 Å². The van der Waals surface area contributed by atoms with Crippen molar-refractivity contribution in [3.8, 4) is 0 Å². The summed E-state index contributed by atoms with van der Waals surface area (Å²) in [5.74, 6) is 0. The number of para-hydroxylation sites is 2. The molecule has 0 unspecified atom stereocenters. The van der Waals surface area contributed by atoms with Crippen molar-refractivity contribution in [1.29, 1.82) is 0 Å². The second-order valence-electron chi connectivity index (χ2n) is 4.04. The molecule has 0 atom stereocenters. The first-order valence-corrected chi connectivity index (χ1v) is 5.67. The Morgan fingerprint density at radius 1 is 0.938 bits per heavy atom. The lowest BCUT2D eigenvalue weighted by Gasteiger charge is -2.04. The summed E-state index contributed by atoms with van der Waals surface area (Å²) in [5.41, 5.74) is 2.56. The van der Waals surface area contributed by atoms with Crippen molar-refractivity contribution in [3.63, 3.8) is 0 Å². The fraction of sp³-hybridized carbons (Fsp3) is 0.200. The van der Waals surface area contributed by atoms with Gasteiger partial charge < -0.3 is 4.57 Å². The summed E-state index contributed by atoms with van der Waals surface area (Å²) in [7, 11) is 0. The summed E-state index contributed by atoms with van der Waals surface area (Å²) in [6.45, 7) is 1.42. The van der Waals surface area contributed by atoms with Crippen molar-refractivity contribution in [3.05, 3.63) is 48.5 Å². The van der Waals surface area contributed by atoms with Gasteiger partial charge in [-0.1, -0.05) is 43.3 Å². The Hall–Kier alpha value is -1.76. The Labute approximate surface area is 96.7 Å². The number of hydrogen-bond donors (Lipinski definition) is 0. The second-order valence-corrected chi connectivity index (χ2v) is 4.04. The third-order valence-electron chi connectivity index (χ3n) is 3.06. The number of fused-ring (bicyclic) bond motifs is 3. The van der Waals surface area contributed by atoms with Crippen LogP contribution in [0.4, 0.5) is 0 Å². The quantitative estimate of drug-likeness (QED) is 0.597. The van der Waals surface area contributed by atoms with E-state index in [1.807, 2.05) is 0 Å².